The van der Waals surface area contributed by atoms with Crippen LogP contribution in [0.1, 0.15) is 0 Å². The zero-order valence-corrected chi connectivity index (χ0v) is 6.08. The number of hydrogen-bond donors (Lipinski definition) is 0. The van der Waals surface area contributed by atoms with E-state index in [-0.39, 0.29) is 17.4 Å². The molecule has 8 heavy (non-hydrogen) atoms. The standard InChI is InChI=1S/Al.FH.Li.H3O4P/c;;;1-5(2,3)4/h;1H;;(H3,1,2,3,4)/q+3;;+1;/p-4. The average Bonchev–Trinajstić information content (AvgIpc) is 1.36. The van der Waals surface area contributed by atoms with Crippen LogP contribution < -0.4 is 14.7 Å². The van der Waals surface area contributed by atoms with Gasteiger partial charge in [0.2, 0.25) is 0 Å². The quantitative estimate of drug-likeness (QED) is 0.268. The molecule has 0 aromatic carbocycles. The van der Waals surface area contributed by atoms with Crippen molar-refractivity contribution >= 4 is 43.4 Å². The Labute approximate surface area is 66.2 Å². The van der Waals surface area contributed by atoms with Gasteiger partial charge in [-0.3, -0.25) is 0 Å². The van der Waals surface area contributed by atoms with Crippen LogP contribution in [-0.4, -0.2) is 35.6 Å². The van der Waals surface area contributed by atoms with Crippen LogP contribution >= 0.6 is 7.82 Å². The summed E-state index contributed by atoms with van der Waals surface area (Å²) in [4.78, 5) is 25.6. The van der Waals surface area contributed by atoms with Crippen LogP contribution in [0.5, 0.6) is 0 Å². The van der Waals surface area contributed by atoms with E-state index in [9.17, 15) is 3.38 Å². The summed E-state index contributed by atoms with van der Waals surface area (Å²) in [5.41, 5.74) is 0. The summed E-state index contributed by atoms with van der Waals surface area (Å²) in [5.74, 6) is 0. The molecule has 0 saturated carbocycles. The maximum atomic E-state index is 9.50. The van der Waals surface area contributed by atoms with Gasteiger partial charge in [-0.2, -0.15) is 7.82 Å². The molecule has 0 radical (unpaired) electrons. The molecule has 8 heteroatoms. The van der Waals surface area contributed by atoms with Gasteiger partial charge in [-0.1, -0.05) is 0 Å². The van der Waals surface area contributed by atoms with E-state index in [4.69, 9.17) is 19.2 Å². The monoisotopic (exact) mass is 148 g/mol. The molecule has 0 saturated heterocycles. The van der Waals surface area contributed by atoms with Crippen LogP contribution in [0.15, 0.2) is 0 Å². The summed E-state index contributed by atoms with van der Waals surface area (Å²) in [7, 11) is -5.39. The topological polar surface area (TPSA) is 86.2 Å². The summed E-state index contributed by atoms with van der Waals surface area (Å²) in [5, 5.41) is 0. The Hall–Kier alpha value is 1.17. The molecule has 0 rings (SSSR count). The predicted octanol–water partition coefficient (Wildman–Crippen LogP) is -3.17. The van der Waals surface area contributed by atoms with Gasteiger partial charge in [0, 0.05) is 0 Å². The maximum absolute atomic E-state index is 9.50. The molecule has 0 heterocycles. The van der Waals surface area contributed by atoms with Crippen molar-refractivity contribution in [1.82, 2.24) is 0 Å². The Kier molecular flexibility index (Phi) is 16.4. The molecule has 0 N–H and O–H groups in total. The number of hydrogen-bond acceptors (Lipinski definition) is 4. The van der Waals surface area contributed by atoms with Crippen LogP contribution in [0, 0.1) is 0 Å². The van der Waals surface area contributed by atoms with Gasteiger partial charge in [-0.25, -0.2) is 0 Å². The molecule has 0 atom stereocenters. The van der Waals surface area contributed by atoms with E-state index in [2.05, 4.69) is 0 Å². The summed E-state index contributed by atoms with van der Waals surface area (Å²) in [6.07, 6.45) is 0. The molecule has 4 nitrogen and oxygen atoms in total. The molecule has 0 unspecified atom stereocenters. The van der Waals surface area contributed by atoms with E-state index in [0.29, 0.717) is 18.2 Å². The van der Waals surface area contributed by atoms with Crippen molar-refractivity contribution in [2.75, 3.05) is 0 Å². The zero-order chi connectivity index (χ0) is 6.50. The van der Waals surface area contributed by atoms with Crippen molar-refractivity contribution in [3.8, 4) is 0 Å². The van der Waals surface area contributed by atoms with Gasteiger partial charge in [0.15, 0.2) is 0 Å². The summed E-state index contributed by atoms with van der Waals surface area (Å²) >= 11 is 0.500. The van der Waals surface area contributed by atoms with Gasteiger partial charge in [-0.05, 0) is 0 Å². The van der Waals surface area contributed by atoms with Crippen molar-refractivity contribution in [3.05, 3.63) is 0 Å². The van der Waals surface area contributed by atoms with E-state index < -0.39 is 7.82 Å². The van der Waals surface area contributed by atoms with Crippen LogP contribution in [0.25, 0.3) is 0 Å². The zero-order valence-electron chi connectivity index (χ0n) is 4.04. The molecular weight excluding hydrogens is 148 g/mol. The van der Waals surface area contributed by atoms with Crippen molar-refractivity contribution in [1.29, 1.82) is 0 Å². The number of halogens is 1. The molecule has 0 aromatic heterocycles. The van der Waals surface area contributed by atoms with Gasteiger partial charge in [-0.15, -0.1) is 0 Å². The Morgan fingerprint density at radius 2 is 1.25 bits per heavy atom. The Bertz CT molecular complexity index is 62.2. The second-order valence-corrected chi connectivity index (χ2v) is 1.34. The fraction of sp³-hybridized carbons (Fsp3) is 0. The van der Waals surface area contributed by atoms with Crippen molar-refractivity contribution in [2.45, 2.75) is 0 Å². The van der Waals surface area contributed by atoms with Crippen LogP contribution in [0.4, 0.5) is 3.38 Å². The Morgan fingerprint density at radius 1 is 1.25 bits per heavy atom. The Balaban J connectivity index is -0.0000000750. The first-order chi connectivity index (χ1) is 3.00. The van der Waals surface area contributed by atoms with E-state index in [1.54, 1.807) is 0 Å². The summed E-state index contributed by atoms with van der Waals surface area (Å²) in [6.45, 7) is 0. The average molecular weight is 148 g/mol. The van der Waals surface area contributed by atoms with Gasteiger partial charge in [0.25, 0.3) is 0 Å². The van der Waals surface area contributed by atoms with E-state index in [0.717, 1.165) is 0 Å². The van der Waals surface area contributed by atoms with Gasteiger partial charge >= 0.3 is 38.9 Å². The molecule has 0 aliphatic carbocycles. The van der Waals surface area contributed by atoms with Crippen LogP contribution in [0.3, 0.4) is 0 Å². The van der Waals surface area contributed by atoms with Gasteiger partial charge < -0.3 is 19.2 Å². The first-order valence-corrected chi connectivity index (χ1v) is 2.57. The third-order valence-electron chi connectivity index (χ3n) is 0. The molecule has 0 fully saturated rings. The van der Waals surface area contributed by atoms with E-state index >= 15 is 0 Å². The molecule has 0 amide bonds. The fourth-order valence-electron chi connectivity index (χ4n) is 0. The molecular formula is AlFLiO4P. The SMILES string of the molecule is O=P([O-])([O-])[O-].[Al+3].[Li][F]. The second-order valence-electron chi connectivity index (χ2n) is 0.447. The third kappa shape index (κ3) is 199. The van der Waals surface area contributed by atoms with Crippen LogP contribution in [0.2, 0.25) is 0 Å². The normalized spacial score (nSPS) is 8.25. The molecule has 0 aliphatic heterocycles. The molecule has 0 bridgehead atoms. The molecule has 40 valence electrons. The molecule has 0 aromatic rings. The predicted molar refractivity (Wildman–Crippen MR) is 20.2 cm³/mol. The van der Waals surface area contributed by atoms with Crippen molar-refractivity contribution in [3.63, 3.8) is 0 Å². The fourth-order valence-corrected chi connectivity index (χ4v) is 0. The van der Waals surface area contributed by atoms with Crippen molar-refractivity contribution < 1.29 is 22.6 Å². The summed E-state index contributed by atoms with van der Waals surface area (Å²) in [6, 6.07) is 0. The van der Waals surface area contributed by atoms with E-state index in [1.165, 1.54) is 0 Å². The third-order valence-corrected chi connectivity index (χ3v) is 0. The minimum absolute atomic E-state index is 0. The first kappa shape index (κ1) is 16.1. The Morgan fingerprint density at radius 3 is 1.25 bits per heavy atom. The summed E-state index contributed by atoms with van der Waals surface area (Å²) < 4.78 is 18.0. The first-order valence-electron chi connectivity index (χ1n) is 1.11. The van der Waals surface area contributed by atoms with Gasteiger partial charge in [0.1, 0.15) is 0 Å². The van der Waals surface area contributed by atoms with Crippen LogP contribution in [-0.2, 0) is 4.57 Å². The van der Waals surface area contributed by atoms with Crippen molar-refractivity contribution in [2.24, 2.45) is 0 Å². The second kappa shape index (κ2) is 8.17. The van der Waals surface area contributed by atoms with Gasteiger partial charge in [0.05, 0.1) is 0 Å². The molecule has 0 aliphatic rings. The number of rotatable bonds is 0. The minimum atomic E-state index is -5.39. The molecule has 0 spiro atoms. The number of phosphoric acid groups is 1. The van der Waals surface area contributed by atoms with E-state index in [1.807, 2.05) is 0 Å².